The fourth-order valence-corrected chi connectivity index (χ4v) is 2.54. The van der Waals surface area contributed by atoms with Crippen LogP contribution in [0, 0.1) is 5.92 Å². The number of halogens is 3. The van der Waals surface area contributed by atoms with E-state index in [0.29, 0.717) is 5.92 Å². The molecule has 1 aromatic carbocycles. The van der Waals surface area contributed by atoms with Gasteiger partial charge in [-0.1, -0.05) is 17.7 Å². The van der Waals surface area contributed by atoms with Crippen molar-refractivity contribution in [2.75, 3.05) is 13.1 Å². The molecule has 1 aromatic rings. The molecular formula is C13H16ClF2NO. The first-order chi connectivity index (χ1) is 8.65. The number of nitrogens with one attached hydrogen (secondary N) is 1. The molecule has 1 unspecified atom stereocenters. The number of ether oxygens (including phenoxy) is 1. The maximum absolute atomic E-state index is 12.1. The number of hydrogen-bond acceptors (Lipinski definition) is 2. The summed E-state index contributed by atoms with van der Waals surface area (Å²) in [6.45, 7) is -0.749. The first kappa shape index (κ1) is 13.6. The Bertz CT molecular complexity index is 395. The van der Waals surface area contributed by atoms with E-state index in [0.717, 1.165) is 25.1 Å². The van der Waals surface area contributed by atoms with E-state index in [9.17, 15) is 8.78 Å². The molecule has 1 atom stereocenters. The van der Waals surface area contributed by atoms with E-state index >= 15 is 0 Å². The lowest BCUT2D eigenvalue weighted by molar-refractivity contribution is -0.0497. The minimum Gasteiger partial charge on any atom is -0.433 e. The van der Waals surface area contributed by atoms with Gasteiger partial charge in [-0.3, -0.25) is 0 Å². The van der Waals surface area contributed by atoms with Crippen LogP contribution in [0.15, 0.2) is 18.2 Å². The van der Waals surface area contributed by atoms with Crippen molar-refractivity contribution in [1.82, 2.24) is 5.32 Å². The average Bonchev–Trinajstić information content (AvgIpc) is 2.33. The molecule has 1 aliphatic heterocycles. The van der Waals surface area contributed by atoms with Crippen molar-refractivity contribution < 1.29 is 13.5 Å². The van der Waals surface area contributed by atoms with Crippen LogP contribution in [0.1, 0.15) is 18.4 Å². The van der Waals surface area contributed by atoms with Gasteiger partial charge in [0.15, 0.2) is 0 Å². The maximum atomic E-state index is 12.1. The van der Waals surface area contributed by atoms with E-state index in [4.69, 9.17) is 11.6 Å². The fraction of sp³-hybridized carbons (Fsp3) is 0.538. The molecule has 5 heteroatoms. The van der Waals surface area contributed by atoms with Crippen LogP contribution in [0.3, 0.4) is 0 Å². The molecule has 1 aliphatic rings. The van der Waals surface area contributed by atoms with E-state index in [1.54, 1.807) is 12.1 Å². The van der Waals surface area contributed by atoms with Gasteiger partial charge in [-0.2, -0.15) is 8.78 Å². The molecule has 0 amide bonds. The molecule has 1 saturated heterocycles. The van der Waals surface area contributed by atoms with Gasteiger partial charge in [0.1, 0.15) is 5.75 Å². The van der Waals surface area contributed by atoms with Crippen molar-refractivity contribution in [3.8, 4) is 5.75 Å². The molecule has 0 bridgehead atoms. The Hall–Kier alpha value is -0.870. The van der Waals surface area contributed by atoms with E-state index < -0.39 is 6.61 Å². The summed E-state index contributed by atoms with van der Waals surface area (Å²) >= 11 is 5.92. The van der Waals surface area contributed by atoms with Crippen molar-refractivity contribution in [2.45, 2.75) is 25.9 Å². The monoisotopic (exact) mass is 275 g/mol. The number of rotatable bonds is 4. The summed E-state index contributed by atoms with van der Waals surface area (Å²) in [7, 11) is 0. The van der Waals surface area contributed by atoms with Gasteiger partial charge in [0.05, 0.1) is 5.02 Å². The van der Waals surface area contributed by atoms with E-state index in [-0.39, 0.29) is 10.8 Å². The third kappa shape index (κ3) is 3.82. The zero-order valence-electron chi connectivity index (χ0n) is 9.96. The summed E-state index contributed by atoms with van der Waals surface area (Å²) in [4.78, 5) is 0. The van der Waals surface area contributed by atoms with Crippen molar-refractivity contribution in [3.63, 3.8) is 0 Å². The molecule has 1 fully saturated rings. The lowest BCUT2D eigenvalue weighted by Crippen LogP contribution is -2.30. The van der Waals surface area contributed by atoms with Crippen molar-refractivity contribution >= 4 is 11.6 Å². The van der Waals surface area contributed by atoms with Crippen LogP contribution in [0.4, 0.5) is 8.78 Å². The molecule has 0 aromatic heterocycles. The van der Waals surface area contributed by atoms with Crippen LogP contribution >= 0.6 is 11.6 Å². The number of benzene rings is 1. The Morgan fingerprint density at radius 3 is 2.89 bits per heavy atom. The first-order valence-corrected chi connectivity index (χ1v) is 6.47. The highest BCUT2D eigenvalue weighted by Crippen LogP contribution is 2.28. The molecule has 2 rings (SSSR count). The molecule has 1 N–H and O–H groups in total. The molecule has 18 heavy (non-hydrogen) atoms. The summed E-state index contributed by atoms with van der Waals surface area (Å²) in [6.07, 6.45) is 3.30. The number of alkyl halides is 2. The van der Waals surface area contributed by atoms with E-state index in [1.807, 2.05) is 0 Å². The van der Waals surface area contributed by atoms with Gasteiger partial charge >= 0.3 is 6.61 Å². The predicted octanol–water partition coefficient (Wildman–Crippen LogP) is 3.48. The molecule has 0 radical (unpaired) electrons. The summed E-state index contributed by atoms with van der Waals surface area (Å²) in [6, 6.07) is 5.03. The number of hydrogen-bond donors (Lipinski definition) is 1. The third-order valence-electron chi connectivity index (χ3n) is 3.14. The summed E-state index contributed by atoms with van der Waals surface area (Å²) in [5.41, 5.74) is 1.07. The highest BCUT2D eigenvalue weighted by molar-refractivity contribution is 6.32. The standard InChI is InChI=1S/C13H16ClF2NO/c14-11-7-9(3-4-12(11)18-13(15)16)6-10-2-1-5-17-8-10/h3-4,7,10,13,17H,1-2,5-6,8H2. The van der Waals surface area contributed by atoms with Gasteiger partial charge in [-0.05, 0) is 56.0 Å². The molecule has 100 valence electrons. The molecule has 1 heterocycles. The summed E-state index contributed by atoms with van der Waals surface area (Å²) in [5.74, 6) is 0.633. The smallest absolute Gasteiger partial charge is 0.387 e. The van der Waals surface area contributed by atoms with Crippen LogP contribution in [-0.4, -0.2) is 19.7 Å². The Morgan fingerprint density at radius 2 is 2.28 bits per heavy atom. The highest BCUT2D eigenvalue weighted by Gasteiger charge is 2.15. The highest BCUT2D eigenvalue weighted by atomic mass is 35.5. The van der Waals surface area contributed by atoms with Gasteiger partial charge in [0.25, 0.3) is 0 Å². The Kier molecular flexibility index (Phi) is 4.78. The number of piperidine rings is 1. The summed E-state index contributed by atoms with van der Waals surface area (Å²) < 4.78 is 28.5. The molecule has 2 nitrogen and oxygen atoms in total. The fourth-order valence-electron chi connectivity index (χ4n) is 2.29. The van der Waals surface area contributed by atoms with Crippen molar-refractivity contribution in [1.29, 1.82) is 0 Å². The topological polar surface area (TPSA) is 21.3 Å². The Morgan fingerprint density at radius 1 is 1.44 bits per heavy atom. The van der Waals surface area contributed by atoms with Crippen LogP contribution in [0.25, 0.3) is 0 Å². The summed E-state index contributed by atoms with van der Waals surface area (Å²) in [5, 5.41) is 3.60. The first-order valence-electron chi connectivity index (χ1n) is 6.09. The minimum atomic E-state index is -2.84. The Balaban J connectivity index is 1.99. The predicted molar refractivity (Wildman–Crippen MR) is 67.4 cm³/mol. The van der Waals surface area contributed by atoms with Gasteiger partial charge in [-0.15, -0.1) is 0 Å². The van der Waals surface area contributed by atoms with Gasteiger partial charge in [0.2, 0.25) is 0 Å². The average molecular weight is 276 g/mol. The Labute approximate surface area is 110 Å². The van der Waals surface area contributed by atoms with Gasteiger partial charge < -0.3 is 10.1 Å². The van der Waals surface area contributed by atoms with Crippen LogP contribution in [0.2, 0.25) is 5.02 Å². The van der Waals surface area contributed by atoms with E-state index in [1.165, 1.54) is 18.9 Å². The van der Waals surface area contributed by atoms with Gasteiger partial charge in [-0.25, -0.2) is 0 Å². The normalized spacial score (nSPS) is 20.1. The van der Waals surface area contributed by atoms with E-state index in [2.05, 4.69) is 10.1 Å². The zero-order chi connectivity index (χ0) is 13.0. The van der Waals surface area contributed by atoms with Crippen LogP contribution in [0.5, 0.6) is 5.75 Å². The van der Waals surface area contributed by atoms with Crippen molar-refractivity contribution in [2.24, 2.45) is 5.92 Å². The molecule has 0 spiro atoms. The zero-order valence-corrected chi connectivity index (χ0v) is 10.7. The van der Waals surface area contributed by atoms with Gasteiger partial charge in [0, 0.05) is 0 Å². The van der Waals surface area contributed by atoms with Crippen molar-refractivity contribution in [3.05, 3.63) is 28.8 Å². The lowest BCUT2D eigenvalue weighted by Gasteiger charge is -2.22. The lowest BCUT2D eigenvalue weighted by atomic mass is 9.92. The maximum Gasteiger partial charge on any atom is 0.387 e. The van der Waals surface area contributed by atoms with Crippen LogP contribution < -0.4 is 10.1 Å². The van der Waals surface area contributed by atoms with Crippen LogP contribution in [-0.2, 0) is 6.42 Å². The third-order valence-corrected chi connectivity index (χ3v) is 3.43. The molecule has 0 saturated carbocycles. The molecular weight excluding hydrogens is 260 g/mol. The second-order valence-corrected chi connectivity index (χ2v) is 4.97. The quantitative estimate of drug-likeness (QED) is 0.908. The second kappa shape index (κ2) is 6.34. The SMILES string of the molecule is FC(F)Oc1ccc(CC2CCCNC2)cc1Cl. The molecule has 0 aliphatic carbocycles. The largest absolute Gasteiger partial charge is 0.433 e. The minimum absolute atomic E-state index is 0.0391. The second-order valence-electron chi connectivity index (χ2n) is 4.56.